The predicted molar refractivity (Wildman–Crippen MR) is 85.7 cm³/mol. The molecule has 0 aromatic heterocycles. The van der Waals surface area contributed by atoms with Crippen LogP contribution in [0.1, 0.15) is 25.3 Å². The second-order valence-electron chi connectivity index (χ2n) is 5.58. The normalized spacial score (nSPS) is 20.2. The molecule has 7 heteroatoms. The first kappa shape index (κ1) is 17.1. The minimum absolute atomic E-state index is 0.0152. The summed E-state index contributed by atoms with van der Waals surface area (Å²) in [6.07, 6.45) is 1.57. The monoisotopic (exact) mass is 345 g/mol. The zero-order chi connectivity index (χ0) is 16.3. The average molecular weight is 346 g/mol. The number of methoxy groups -OCH3 is 1. The Balaban J connectivity index is 1.91. The van der Waals surface area contributed by atoms with Crippen LogP contribution in [0.25, 0.3) is 0 Å². The summed E-state index contributed by atoms with van der Waals surface area (Å²) in [7, 11) is 3.30. The minimum Gasteiger partial charge on any atom is -0.497 e. The fourth-order valence-corrected chi connectivity index (χ4v) is 3.67. The molecule has 0 bridgehead atoms. The Kier molecular flexibility index (Phi) is 5.34. The molecule has 2 unspecified atom stereocenters. The molecule has 1 saturated heterocycles. The van der Waals surface area contributed by atoms with Crippen molar-refractivity contribution in [2.45, 2.75) is 37.5 Å². The van der Waals surface area contributed by atoms with Crippen LogP contribution in [0.3, 0.4) is 0 Å². The molecule has 1 amide bonds. The first-order chi connectivity index (χ1) is 10.3. The van der Waals surface area contributed by atoms with Crippen LogP contribution in [0.2, 0.25) is 0 Å². The highest BCUT2D eigenvalue weighted by Crippen LogP contribution is 2.24. The lowest BCUT2D eigenvalue weighted by Crippen LogP contribution is -2.35. The highest BCUT2D eigenvalue weighted by Gasteiger charge is 2.38. The number of hydrogen-bond acceptors (Lipinski definition) is 4. The molecule has 2 rings (SSSR count). The van der Waals surface area contributed by atoms with Crippen LogP contribution in [0.4, 0.5) is 0 Å². The summed E-state index contributed by atoms with van der Waals surface area (Å²) < 4.78 is 27.8. The van der Waals surface area contributed by atoms with Gasteiger partial charge in [0.15, 0.2) is 0 Å². The molecular formula is C15H20ClNO4S. The zero-order valence-corrected chi connectivity index (χ0v) is 14.2. The maximum absolute atomic E-state index is 12.0. The molecule has 0 N–H and O–H groups in total. The summed E-state index contributed by atoms with van der Waals surface area (Å²) in [5, 5.41) is -0.787. The maximum atomic E-state index is 12.0. The van der Waals surface area contributed by atoms with Crippen LogP contribution < -0.4 is 4.74 Å². The lowest BCUT2D eigenvalue weighted by molar-refractivity contribution is -0.129. The van der Waals surface area contributed by atoms with E-state index in [9.17, 15) is 13.2 Å². The number of rotatable bonds is 6. The number of ether oxygens (including phenoxy) is 1. The molecule has 1 fully saturated rings. The van der Waals surface area contributed by atoms with Gasteiger partial charge in [-0.15, -0.1) is 0 Å². The summed E-state index contributed by atoms with van der Waals surface area (Å²) in [6, 6.07) is 7.76. The fraction of sp³-hybridized carbons (Fsp3) is 0.533. The van der Waals surface area contributed by atoms with Crippen molar-refractivity contribution in [3.63, 3.8) is 0 Å². The van der Waals surface area contributed by atoms with Crippen molar-refractivity contribution in [1.29, 1.82) is 0 Å². The molecule has 0 aliphatic carbocycles. The molecule has 1 aromatic carbocycles. The van der Waals surface area contributed by atoms with E-state index in [2.05, 4.69) is 0 Å². The molecule has 122 valence electrons. The summed E-state index contributed by atoms with van der Waals surface area (Å²) in [5.41, 5.74) is 1.15. The second-order valence-corrected chi connectivity index (χ2v) is 8.49. The number of halogens is 1. The number of benzene rings is 1. The quantitative estimate of drug-likeness (QED) is 0.741. The Bertz CT molecular complexity index is 629. The van der Waals surface area contributed by atoms with E-state index < -0.39 is 14.3 Å². The van der Waals surface area contributed by atoms with Gasteiger partial charge in [-0.25, -0.2) is 8.42 Å². The average Bonchev–Trinajstić information content (AvgIpc) is 2.87. The molecule has 1 aromatic rings. The lowest BCUT2D eigenvalue weighted by Gasteiger charge is -2.24. The van der Waals surface area contributed by atoms with Crippen molar-refractivity contribution >= 4 is 25.6 Å². The predicted octanol–water partition coefficient (Wildman–Crippen LogP) is 2.19. The Morgan fingerprint density at radius 2 is 2.00 bits per heavy atom. The Labute approximate surface area is 135 Å². The maximum Gasteiger partial charge on any atom is 0.237 e. The van der Waals surface area contributed by atoms with Crippen LogP contribution in [0.15, 0.2) is 24.3 Å². The highest BCUT2D eigenvalue weighted by atomic mass is 35.7. The molecular weight excluding hydrogens is 326 g/mol. The van der Waals surface area contributed by atoms with Gasteiger partial charge in [-0.05, 0) is 37.5 Å². The first-order valence-electron chi connectivity index (χ1n) is 7.17. The molecule has 0 spiro atoms. The van der Waals surface area contributed by atoms with E-state index in [0.717, 1.165) is 24.2 Å². The summed E-state index contributed by atoms with van der Waals surface area (Å²) in [5.74, 6) is 0.665. The Hall–Kier alpha value is -1.27. The van der Waals surface area contributed by atoms with Gasteiger partial charge < -0.3 is 9.64 Å². The number of carbonyl (C=O) groups excluding carboxylic acids is 1. The third-order valence-corrected chi connectivity index (χ3v) is 5.93. The van der Waals surface area contributed by atoms with E-state index in [1.165, 1.54) is 0 Å². The third-order valence-electron chi connectivity index (χ3n) is 4.06. The van der Waals surface area contributed by atoms with Gasteiger partial charge in [-0.1, -0.05) is 12.1 Å². The fourth-order valence-electron chi connectivity index (χ4n) is 2.64. The zero-order valence-electron chi connectivity index (χ0n) is 12.7. The highest BCUT2D eigenvalue weighted by molar-refractivity contribution is 8.14. The van der Waals surface area contributed by atoms with E-state index in [4.69, 9.17) is 15.4 Å². The largest absolute Gasteiger partial charge is 0.497 e. The molecule has 2 atom stereocenters. The van der Waals surface area contributed by atoms with Crippen molar-refractivity contribution in [3.8, 4) is 5.75 Å². The van der Waals surface area contributed by atoms with Gasteiger partial charge in [0.2, 0.25) is 15.0 Å². The van der Waals surface area contributed by atoms with E-state index >= 15 is 0 Å². The molecule has 0 saturated carbocycles. The van der Waals surface area contributed by atoms with Gasteiger partial charge in [-0.3, -0.25) is 4.79 Å². The van der Waals surface area contributed by atoms with E-state index in [-0.39, 0.29) is 24.9 Å². The Morgan fingerprint density at radius 3 is 2.50 bits per heavy atom. The van der Waals surface area contributed by atoms with Crippen molar-refractivity contribution < 1.29 is 17.9 Å². The van der Waals surface area contributed by atoms with Crippen LogP contribution in [-0.2, 0) is 20.3 Å². The van der Waals surface area contributed by atoms with Crippen LogP contribution in [0.5, 0.6) is 5.75 Å². The standard InChI is InChI=1S/C15H20ClNO4S/c1-11(3-4-12-5-7-13(21-2)8-6-12)17-10-14(9-15(17)18)22(16,19)20/h5-8,11,14H,3-4,9-10H2,1-2H3. The van der Waals surface area contributed by atoms with Gasteiger partial charge >= 0.3 is 0 Å². The SMILES string of the molecule is COc1ccc(CCC(C)N2CC(S(=O)(=O)Cl)CC2=O)cc1. The Morgan fingerprint density at radius 1 is 1.36 bits per heavy atom. The van der Waals surface area contributed by atoms with Gasteiger partial charge in [0.05, 0.1) is 7.11 Å². The molecule has 5 nitrogen and oxygen atoms in total. The molecule has 1 aliphatic rings. The number of carbonyl (C=O) groups is 1. The molecule has 1 aliphatic heterocycles. The van der Waals surface area contributed by atoms with Crippen molar-refractivity contribution in [1.82, 2.24) is 4.90 Å². The summed E-state index contributed by atoms with van der Waals surface area (Å²) in [6.45, 7) is 2.12. The van der Waals surface area contributed by atoms with Gasteiger partial charge in [-0.2, -0.15) is 0 Å². The summed E-state index contributed by atoms with van der Waals surface area (Å²) >= 11 is 0. The number of likely N-dealkylation sites (tertiary alicyclic amines) is 1. The second kappa shape index (κ2) is 6.87. The molecule has 22 heavy (non-hydrogen) atoms. The first-order valence-corrected chi connectivity index (χ1v) is 9.54. The number of aryl methyl sites for hydroxylation is 1. The topological polar surface area (TPSA) is 63.7 Å². The van der Waals surface area contributed by atoms with Crippen LogP contribution >= 0.6 is 10.7 Å². The molecule has 1 heterocycles. The number of amides is 1. The van der Waals surface area contributed by atoms with Crippen molar-refractivity contribution in [3.05, 3.63) is 29.8 Å². The lowest BCUT2D eigenvalue weighted by atomic mass is 10.1. The van der Waals surface area contributed by atoms with Crippen molar-refractivity contribution in [2.24, 2.45) is 0 Å². The van der Waals surface area contributed by atoms with Gasteiger partial charge in [0.1, 0.15) is 11.0 Å². The molecule has 0 radical (unpaired) electrons. The number of hydrogen-bond donors (Lipinski definition) is 0. The van der Waals surface area contributed by atoms with Gasteiger partial charge in [0, 0.05) is 29.7 Å². The minimum atomic E-state index is -3.68. The smallest absolute Gasteiger partial charge is 0.237 e. The van der Waals surface area contributed by atoms with E-state index in [1.54, 1.807) is 12.0 Å². The van der Waals surface area contributed by atoms with Crippen LogP contribution in [-0.4, -0.2) is 44.2 Å². The van der Waals surface area contributed by atoms with E-state index in [0.29, 0.717) is 0 Å². The third kappa shape index (κ3) is 4.14. The van der Waals surface area contributed by atoms with Crippen LogP contribution in [0, 0.1) is 0 Å². The number of nitrogens with zero attached hydrogens (tertiary/aromatic N) is 1. The summed E-state index contributed by atoms with van der Waals surface area (Å²) in [4.78, 5) is 13.6. The van der Waals surface area contributed by atoms with Gasteiger partial charge in [0.25, 0.3) is 0 Å². The van der Waals surface area contributed by atoms with E-state index in [1.807, 2.05) is 31.2 Å². The van der Waals surface area contributed by atoms with Crippen molar-refractivity contribution in [2.75, 3.05) is 13.7 Å².